The molecule has 0 saturated carbocycles. The van der Waals surface area contributed by atoms with E-state index in [1.807, 2.05) is 5.38 Å². The Kier molecular flexibility index (Phi) is 6.23. The molecule has 19 heavy (non-hydrogen) atoms. The first-order valence-electron chi connectivity index (χ1n) is 5.92. The zero-order valence-corrected chi connectivity index (χ0v) is 12.6. The van der Waals surface area contributed by atoms with Crippen LogP contribution in [-0.4, -0.2) is 44.5 Å². The third-order valence-corrected chi connectivity index (χ3v) is 3.99. The first-order chi connectivity index (χ1) is 8.90. The molecule has 0 bridgehead atoms. The number of esters is 1. The number of nitrogens with zero attached hydrogens (tertiary/aromatic N) is 1. The molecule has 1 N–H and O–H groups in total. The minimum absolute atomic E-state index is 0.0741. The number of thiazole rings is 1. The van der Waals surface area contributed by atoms with Gasteiger partial charge in [-0.25, -0.2) is 13.4 Å². The van der Waals surface area contributed by atoms with E-state index in [0.29, 0.717) is 31.1 Å². The standard InChI is InChI=1S/C11H18N2O4S2/c1-3-17-10(14)5-4-9-8-18-11(13-9)12-6-7-19(2,15)16/h8H,3-7H2,1-2H3,(H,12,13). The summed E-state index contributed by atoms with van der Waals surface area (Å²) in [5.74, 6) is -0.160. The highest BCUT2D eigenvalue weighted by Gasteiger charge is 2.07. The summed E-state index contributed by atoms with van der Waals surface area (Å²) in [6.45, 7) is 2.49. The number of ether oxygens (including phenoxy) is 1. The molecule has 1 heterocycles. The van der Waals surface area contributed by atoms with Crippen molar-refractivity contribution < 1.29 is 17.9 Å². The van der Waals surface area contributed by atoms with Crippen LogP contribution in [0.5, 0.6) is 0 Å². The fourth-order valence-corrected chi connectivity index (χ4v) is 2.56. The molecule has 1 rings (SSSR count). The lowest BCUT2D eigenvalue weighted by Gasteiger charge is -2.01. The Bertz CT molecular complexity index is 511. The molecule has 0 radical (unpaired) electrons. The second-order valence-corrected chi connectivity index (χ2v) is 7.12. The van der Waals surface area contributed by atoms with Gasteiger partial charge in [0.25, 0.3) is 0 Å². The Morgan fingerprint density at radius 2 is 2.26 bits per heavy atom. The molecule has 6 nitrogen and oxygen atoms in total. The van der Waals surface area contributed by atoms with E-state index in [-0.39, 0.29) is 11.7 Å². The highest BCUT2D eigenvalue weighted by Crippen LogP contribution is 2.16. The van der Waals surface area contributed by atoms with E-state index in [4.69, 9.17) is 4.74 Å². The lowest BCUT2D eigenvalue weighted by atomic mass is 10.2. The summed E-state index contributed by atoms with van der Waals surface area (Å²) in [5.41, 5.74) is 0.805. The maximum atomic E-state index is 11.2. The van der Waals surface area contributed by atoms with Crippen LogP contribution in [0.1, 0.15) is 19.0 Å². The van der Waals surface area contributed by atoms with Crippen LogP contribution in [-0.2, 0) is 25.8 Å². The van der Waals surface area contributed by atoms with Crippen molar-refractivity contribution in [2.75, 3.05) is 30.5 Å². The number of sulfone groups is 1. The van der Waals surface area contributed by atoms with Gasteiger partial charge in [0.15, 0.2) is 5.13 Å². The molecule has 0 aliphatic heterocycles. The highest BCUT2D eigenvalue weighted by molar-refractivity contribution is 7.90. The Morgan fingerprint density at radius 1 is 1.53 bits per heavy atom. The van der Waals surface area contributed by atoms with Gasteiger partial charge in [-0.15, -0.1) is 11.3 Å². The zero-order chi connectivity index (χ0) is 14.3. The number of hydrogen-bond acceptors (Lipinski definition) is 7. The first kappa shape index (κ1) is 15.9. The number of anilines is 1. The van der Waals surface area contributed by atoms with Gasteiger partial charge in [-0.3, -0.25) is 4.79 Å². The predicted octanol–water partition coefficient (Wildman–Crippen LogP) is 1.10. The van der Waals surface area contributed by atoms with E-state index in [9.17, 15) is 13.2 Å². The largest absolute Gasteiger partial charge is 0.466 e. The van der Waals surface area contributed by atoms with Gasteiger partial charge in [-0.2, -0.15) is 0 Å². The van der Waals surface area contributed by atoms with E-state index in [1.54, 1.807) is 6.92 Å². The van der Waals surface area contributed by atoms with Gasteiger partial charge in [-0.1, -0.05) is 0 Å². The van der Waals surface area contributed by atoms with Crippen LogP contribution in [0.4, 0.5) is 5.13 Å². The second-order valence-electron chi connectivity index (χ2n) is 4.01. The normalized spacial score (nSPS) is 11.3. The summed E-state index contributed by atoms with van der Waals surface area (Å²) in [7, 11) is -2.96. The van der Waals surface area contributed by atoms with Crippen LogP contribution < -0.4 is 5.32 Å². The highest BCUT2D eigenvalue weighted by atomic mass is 32.2. The van der Waals surface area contributed by atoms with Crippen molar-refractivity contribution in [2.45, 2.75) is 19.8 Å². The molecule has 0 spiro atoms. The van der Waals surface area contributed by atoms with Gasteiger partial charge < -0.3 is 10.1 Å². The van der Waals surface area contributed by atoms with Gasteiger partial charge in [0.1, 0.15) is 9.84 Å². The van der Waals surface area contributed by atoms with Crippen LogP contribution in [0.3, 0.4) is 0 Å². The zero-order valence-electron chi connectivity index (χ0n) is 11.0. The summed E-state index contributed by atoms with van der Waals surface area (Å²) < 4.78 is 26.7. The van der Waals surface area contributed by atoms with Gasteiger partial charge >= 0.3 is 5.97 Å². The van der Waals surface area contributed by atoms with Crippen LogP contribution in [0.25, 0.3) is 0 Å². The lowest BCUT2D eigenvalue weighted by molar-refractivity contribution is -0.143. The molecular formula is C11H18N2O4S2. The van der Waals surface area contributed by atoms with Crippen molar-refractivity contribution in [1.82, 2.24) is 4.98 Å². The average Bonchev–Trinajstić information content (AvgIpc) is 2.73. The molecule has 1 aromatic rings. The van der Waals surface area contributed by atoms with E-state index in [1.165, 1.54) is 17.6 Å². The Morgan fingerprint density at radius 3 is 2.89 bits per heavy atom. The molecular weight excluding hydrogens is 288 g/mol. The van der Waals surface area contributed by atoms with E-state index in [2.05, 4.69) is 10.3 Å². The maximum absolute atomic E-state index is 11.2. The quantitative estimate of drug-likeness (QED) is 0.724. The van der Waals surface area contributed by atoms with E-state index in [0.717, 1.165) is 5.69 Å². The maximum Gasteiger partial charge on any atom is 0.306 e. The van der Waals surface area contributed by atoms with Crippen LogP contribution in [0.15, 0.2) is 5.38 Å². The molecule has 0 aromatic carbocycles. The summed E-state index contributed by atoms with van der Waals surface area (Å²) in [5, 5.41) is 5.46. The van der Waals surface area contributed by atoms with Gasteiger partial charge in [0.2, 0.25) is 0 Å². The third kappa shape index (κ3) is 7.12. The van der Waals surface area contributed by atoms with Gasteiger partial charge in [-0.05, 0) is 6.92 Å². The number of rotatable bonds is 8. The monoisotopic (exact) mass is 306 g/mol. The number of hydrogen-bond donors (Lipinski definition) is 1. The predicted molar refractivity (Wildman–Crippen MR) is 75.3 cm³/mol. The minimum Gasteiger partial charge on any atom is -0.466 e. The Hall–Kier alpha value is -1.15. The first-order valence-corrected chi connectivity index (χ1v) is 8.86. The number of carbonyl (C=O) groups excluding carboxylic acids is 1. The molecule has 0 aliphatic rings. The van der Waals surface area contributed by atoms with Crippen molar-refractivity contribution in [3.8, 4) is 0 Å². The number of aryl methyl sites for hydroxylation is 1. The van der Waals surface area contributed by atoms with Gasteiger partial charge in [0, 0.05) is 24.6 Å². The summed E-state index contributed by atoms with van der Waals surface area (Å²) in [6, 6.07) is 0. The molecule has 0 atom stereocenters. The minimum atomic E-state index is -2.96. The molecule has 0 saturated heterocycles. The number of aromatic nitrogens is 1. The topological polar surface area (TPSA) is 85.4 Å². The van der Waals surface area contributed by atoms with Crippen LogP contribution in [0, 0.1) is 0 Å². The second kappa shape index (κ2) is 7.44. The van der Waals surface area contributed by atoms with Crippen molar-refractivity contribution in [3.63, 3.8) is 0 Å². The average molecular weight is 306 g/mol. The summed E-state index contributed by atoms with van der Waals surface area (Å²) in [4.78, 5) is 15.4. The summed E-state index contributed by atoms with van der Waals surface area (Å²) in [6.07, 6.45) is 2.03. The van der Waals surface area contributed by atoms with Crippen molar-refractivity contribution >= 4 is 32.3 Å². The van der Waals surface area contributed by atoms with Crippen LogP contribution in [0.2, 0.25) is 0 Å². The molecule has 8 heteroatoms. The number of nitrogens with one attached hydrogen (secondary N) is 1. The SMILES string of the molecule is CCOC(=O)CCc1csc(NCCS(C)(=O)=O)n1. The molecule has 0 aliphatic carbocycles. The van der Waals surface area contributed by atoms with Gasteiger partial charge in [0.05, 0.1) is 24.5 Å². The third-order valence-electron chi connectivity index (χ3n) is 2.19. The number of carbonyl (C=O) groups is 1. The molecule has 108 valence electrons. The Labute approximate surface area is 117 Å². The molecule has 0 fully saturated rings. The fourth-order valence-electron chi connectivity index (χ4n) is 1.31. The smallest absolute Gasteiger partial charge is 0.306 e. The molecule has 0 amide bonds. The fraction of sp³-hybridized carbons (Fsp3) is 0.636. The summed E-state index contributed by atoms with van der Waals surface area (Å²) >= 11 is 1.40. The van der Waals surface area contributed by atoms with E-state index < -0.39 is 9.84 Å². The van der Waals surface area contributed by atoms with Crippen molar-refractivity contribution in [2.24, 2.45) is 0 Å². The van der Waals surface area contributed by atoms with E-state index >= 15 is 0 Å². The van der Waals surface area contributed by atoms with Crippen molar-refractivity contribution in [1.29, 1.82) is 0 Å². The Balaban J connectivity index is 2.34. The van der Waals surface area contributed by atoms with Crippen molar-refractivity contribution in [3.05, 3.63) is 11.1 Å². The van der Waals surface area contributed by atoms with Crippen LogP contribution >= 0.6 is 11.3 Å². The molecule has 1 aromatic heterocycles. The molecule has 0 unspecified atom stereocenters. The lowest BCUT2D eigenvalue weighted by Crippen LogP contribution is -2.14.